The van der Waals surface area contributed by atoms with Crippen LogP contribution in [0.2, 0.25) is 0 Å². The third-order valence-electron chi connectivity index (χ3n) is 4.14. The number of phenols is 1. The van der Waals surface area contributed by atoms with Crippen LogP contribution in [0, 0.1) is 5.92 Å². The number of pyridine rings is 1. The van der Waals surface area contributed by atoms with Crippen LogP contribution < -0.4 is 4.90 Å². The van der Waals surface area contributed by atoms with Crippen LogP contribution >= 0.6 is 0 Å². The molecular weight excluding hydrogens is 320 g/mol. The third kappa shape index (κ3) is 2.76. The van der Waals surface area contributed by atoms with Crippen molar-refractivity contribution in [3.8, 4) is 5.75 Å². The summed E-state index contributed by atoms with van der Waals surface area (Å²) in [5.74, 6) is -2.14. The lowest BCUT2D eigenvalue weighted by atomic mass is 9.92. The molecular formula is C19H18N2O4. The van der Waals surface area contributed by atoms with Gasteiger partial charge >= 0.3 is 0 Å². The van der Waals surface area contributed by atoms with E-state index in [0.717, 1.165) is 0 Å². The van der Waals surface area contributed by atoms with Gasteiger partial charge in [0.15, 0.2) is 11.5 Å². The summed E-state index contributed by atoms with van der Waals surface area (Å²) in [6.07, 6.45) is 3.12. The van der Waals surface area contributed by atoms with Crippen LogP contribution in [-0.4, -0.2) is 26.9 Å². The Morgan fingerprint density at radius 1 is 1.16 bits per heavy atom. The number of aromatic nitrogens is 1. The molecule has 6 heteroatoms. The molecule has 0 saturated heterocycles. The zero-order valence-corrected chi connectivity index (χ0v) is 13.9. The minimum Gasteiger partial charge on any atom is -0.506 e. The maximum atomic E-state index is 12.7. The van der Waals surface area contributed by atoms with Crippen molar-refractivity contribution in [2.24, 2.45) is 5.92 Å². The molecule has 25 heavy (non-hydrogen) atoms. The van der Waals surface area contributed by atoms with Crippen LogP contribution in [0.3, 0.4) is 0 Å². The first-order valence-electron chi connectivity index (χ1n) is 7.92. The monoisotopic (exact) mass is 338 g/mol. The van der Waals surface area contributed by atoms with Gasteiger partial charge in [0.25, 0.3) is 5.91 Å². The van der Waals surface area contributed by atoms with E-state index in [-0.39, 0.29) is 22.8 Å². The Morgan fingerprint density at radius 3 is 2.48 bits per heavy atom. The molecule has 0 aliphatic carbocycles. The van der Waals surface area contributed by atoms with E-state index < -0.39 is 23.6 Å². The van der Waals surface area contributed by atoms with Gasteiger partial charge < -0.3 is 10.2 Å². The van der Waals surface area contributed by atoms with Crippen molar-refractivity contribution in [1.82, 2.24) is 4.98 Å². The molecule has 0 saturated carbocycles. The molecule has 0 spiro atoms. The molecule has 0 fully saturated rings. The number of nitrogens with zero attached hydrogens (tertiary/aromatic N) is 2. The quantitative estimate of drug-likeness (QED) is 0.894. The average Bonchev–Trinajstić information content (AvgIpc) is 2.87. The van der Waals surface area contributed by atoms with E-state index in [0.29, 0.717) is 5.56 Å². The van der Waals surface area contributed by atoms with Crippen LogP contribution in [0.5, 0.6) is 5.75 Å². The van der Waals surface area contributed by atoms with E-state index in [1.54, 1.807) is 50.4 Å². The Balaban J connectivity index is 2.21. The Hall–Kier alpha value is -3.15. The van der Waals surface area contributed by atoms with E-state index in [9.17, 15) is 19.8 Å². The number of benzene rings is 1. The number of anilines is 1. The summed E-state index contributed by atoms with van der Waals surface area (Å²) in [4.78, 5) is 30.7. The zero-order chi connectivity index (χ0) is 18.1. The number of aliphatic hydroxyl groups excluding tert-OH is 1. The third-order valence-corrected chi connectivity index (χ3v) is 4.14. The largest absolute Gasteiger partial charge is 0.506 e. The van der Waals surface area contributed by atoms with Gasteiger partial charge in [-0.25, -0.2) is 0 Å². The SMILES string of the molecule is CC(C)C(=O)C1=C(O)C(=O)N(c2ccccc2O)C1c1cccnc1. The molecule has 128 valence electrons. The summed E-state index contributed by atoms with van der Waals surface area (Å²) >= 11 is 0. The van der Waals surface area contributed by atoms with Crippen molar-refractivity contribution < 1.29 is 19.8 Å². The molecule has 1 aliphatic rings. The van der Waals surface area contributed by atoms with Crippen LogP contribution in [0.15, 0.2) is 60.1 Å². The number of hydrogen-bond donors (Lipinski definition) is 2. The van der Waals surface area contributed by atoms with Gasteiger partial charge in [0, 0.05) is 18.3 Å². The molecule has 1 atom stereocenters. The van der Waals surface area contributed by atoms with E-state index in [2.05, 4.69) is 4.98 Å². The van der Waals surface area contributed by atoms with Crippen LogP contribution in [0.1, 0.15) is 25.5 Å². The summed E-state index contributed by atoms with van der Waals surface area (Å²) in [6, 6.07) is 8.88. The van der Waals surface area contributed by atoms with E-state index in [1.807, 2.05) is 0 Å². The van der Waals surface area contributed by atoms with E-state index in [4.69, 9.17) is 0 Å². The highest BCUT2D eigenvalue weighted by Gasteiger charge is 2.45. The van der Waals surface area contributed by atoms with Gasteiger partial charge in [-0.1, -0.05) is 32.0 Å². The molecule has 2 N–H and O–H groups in total. The summed E-state index contributed by atoms with van der Waals surface area (Å²) < 4.78 is 0. The maximum absolute atomic E-state index is 12.7. The number of aliphatic hydroxyl groups is 1. The van der Waals surface area contributed by atoms with Crippen molar-refractivity contribution >= 4 is 17.4 Å². The fourth-order valence-electron chi connectivity index (χ4n) is 2.94. The molecule has 1 unspecified atom stereocenters. The number of carbonyl (C=O) groups excluding carboxylic acids is 2. The number of amides is 1. The molecule has 2 heterocycles. The van der Waals surface area contributed by atoms with Crippen molar-refractivity contribution in [1.29, 1.82) is 0 Å². The summed E-state index contributed by atoms with van der Waals surface area (Å²) in [5.41, 5.74) is 0.822. The van der Waals surface area contributed by atoms with Gasteiger partial charge in [0.2, 0.25) is 0 Å². The molecule has 1 aliphatic heterocycles. The molecule has 1 aromatic heterocycles. The average molecular weight is 338 g/mol. The summed E-state index contributed by atoms with van der Waals surface area (Å²) in [5, 5.41) is 20.6. The predicted molar refractivity (Wildman–Crippen MR) is 92.1 cm³/mol. The molecule has 1 amide bonds. The molecule has 0 bridgehead atoms. The number of rotatable bonds is 4. The lowest BCUT2D eigenvalue weighted by Gasteiger charge is -2.27. The number of ketones is 1. The first kappa shape index (κ1) is 16.7. The minimum atomic E-state index is -0.843. The van der Waals surface area contributed by atoms with E-state index >= 15 is 0 Å². The number of aromatic hydroxyl groups is 1. The Kier molecular flexibility index (Phi) is 4.27. The van der Waals surface area contributed by atoms with Gasteiger partial charge in [0.05, 0.1) is 17.3 Å². The summed E-state index contributed by atoms with van der Waals surface area (Å²) in [6.45, 7) is 3.41. The number of carbonyl (C=O) groups is 2. The lowest BCUT2D eigenvalue weighted by molar-refractivity contribution is -0.119. The Labute approximate surface area is 145 Å². The molecule has 0 radical (unpaired) electrons. The predicted octanol–water partition coefficient (Wildman–Crippen LogP) is 2.91. The van der Waals surface area contributed by atoms with Crippen LogP contribution in [0.4, 0.5) is 5.69 Å². The van der Waals surface area contributed by atoms with Crippen molar-refractivity contribution in [3.63, 3.8) is 0 Å². The second kappa shape index (κ2) is 6.39. The normalized spacial score (nSPS) is 17.5. The second-order valence-corrected chi connectivity index (χ2v) is 6.13. The van der Waals surface area contributed by atoms with Gasteiger partial charge in [-0.05, 0) is 23.8 Å². The van der Waals surface area contributed by atoms with Gasteiger partial charge in [-0.15, -0.1) is 0 Å². The standard InChI is InChI=1S/C19H18N2O4/c1-11(2)17(23)15-16(12-6-5-9-20-10-12)21(19(25)18(15)24)13-7-3-4-8-14(13)22/h3-11,16,22,24H,1-2H3. The summed E-state index contributed by atoms with van der Waals surface area (Å²) in [7, 11) is 0. The topological polar surface area (TPSA) is 90.7 Å². The van der Waals surface area contributed by atoms with Gasteiger partial charge in [0.1, 0.15) is 5.75 Å². The fraction of sp³-hybridized carbons (Fsp3) is 0.211. The number of phenolic OH excluding ortho intramolecular Hbond substituents is 1. The van der Waals surface area contributed by atoms with Gasteiger partial charge in [-0.3, -0.25) is 19.5 Å². The number of Topliss-reactive ketones (excluding diaryl/α,β-unsaturated/α-hetero) is 1. The highest BCUT2D eigenvalue weighted by molar-refractivity contribution is 6.17. The highest BCUT2D eigenvalue weighted by Crippen LogP contribution is 2.44. The minimum absolute atomic E-state index is 0.0243. The fourth-order valence-corrected chi connectivity index (χ4v) is 2.94. The van der Waals surface area contributed by atoms with Crippen molar-refractivity contribution in [2.45, 2.75) is 19.9 Å². The second-order valence-electron chi connectivity index (χ2n) is 6.13. The smallest absolute Gasteiger partial charge is 0.294 e. The Bertz CT molecular complexity index is 859. The van der Waals surface area contributed by atoms with Crippen LogP contribution in [-0.2, 0) is 9.59 Å². The molecule has 6 nitrogen and oxygen atoms in total. The molecule has 1 aromatic carbocycles. The molecule has 3 rings (SSSR count). The first-order valence-corrected chi connectivity index (χ1v) is 7.92. The zero-order valence-electron chi connectivity index (χ0n) is 13.9. The van der Waals surface area contributed by atoms with Crippen molar-refractivity contribution in [3.05, 3.63) is 65.7 Å². The Morgan fingerprint density at radius 2 is 1.88 bits per heavy atom. The number of hydrogen-bond acceptors (Lipinski definition) is 5. The number of para-hydroxylation sites is 2. The maximum Gasteiger partial charge on any atom is 0.294 e. The van der Waals surface area contributed by atoms with Crippen molar-refractivity contribution in [2.75, 3.05) is 4.90 Å². The molecule has 2 aromatic rings. The lowest BCUT2D eigenvalue weighted by Crippen LogP contribution is -2.31. The van der Waals surface area contributed by atoms with Gasteiger partial charge in [-0.2, -0.15) is 0 Å². The van der Waals surface area contributed by atoms with E-state index in [1.165, 1.54) is 17.2 Å². The first-order chi connectivity index (χ1) is 11.9. The highest BCUT2D eigenvalue weighted by atomic mass is 16.3. The van der Waals surface area contributed by atoms with Crippen LogP contribution in [0.25, 0.3) is 0 Å².